The average molecular weight is 328 g/mol. The number of carbonyl (C=O) groups excluding carboxylic acids is 2. The lowest BCUT2D eigenvalue weighted by Gasteiger charge is -2.09. The van der Waals surface area contributed by atoms with Crippen molar-refractivity contribution in [3.63, 3.8) is 0 Å². The van der Waals surface area contributed by atoms with E-state index in [0.29, 0.717) is 16.4 Å². The van der Waals surface area contributed by atoms with Crippen molar-refractivity contribution >= 4 is 33.8 Å². The smallest absolute Gasteiger partial charge is 0.268 e. The molecule has 1 unspecified atom stereocenters. The largest absolute Gasteiger partial charge is 0.490 e. The van der Waals surface area contributed by atoms with Crippen molar-refractivity contribution in [3.8, 4) is 5.75 Å². The predicted molar refractivity (Wildman–Crippen MR) is 84.9 cm³/mol. The molecule has 23 heavy (non-hydrogen) atoms. The molecule has 1 aliphatic rings. The molecule has 0 bridgehead atoms. The lowest BCUT2D eigenvalue weighted by molar-refractivity contribution is -0.117. The number of para-hydroxylation sites is 2. The average Bonchev–Trinajstić information content (AvgIpc) is 3.03. The molecule has 1 aromatic carbocycles. The Kier molecular flexibility index (Phi) is 3.05. The molecule has 3 aromatic rings. The van der Waals surface area contributed by atoms with E-state index in [1.54, 1.807) is 22.9 Å². The number of primary amides is 1. The third-order valence-electron chi connectivity index (χ3n) is 3.64. The normalized spacial score (nSPS) is 17.2. The summed E-state index contributed by atoms with van der Waals surface area (Å²) in [5, 5.41) is 2.88. The van der Waals surface area contributed by atoms with E-state index < -0.39 is 11.8 Å². The number of rotatable bonds is 2. The summed E-state index contributed by atoms with van der Waals surface area (Å²) in [6, 6.07) is 7.32. The van der Waals surface area contributed by atoms with Gasteiger partial charge in [0.1, 0.15) is 24.0 Å². The van der Waals surface area contributed by atoms with Crippen LogP contribution >= 0.6 is 11.3 Å². The van der Waals surface area contributed by atoms with E-state index in [0.717, 1.165) is 4.88 Å². The number of hydrogen-bond donors (Lipinski definition) is 2. The summed E-state index contributed by atoms with van der Waals surface area (Å²) in [4.78, 5) is 29.2. The second kappa shape index (κ2) is 5.10. The fourth-order valence-electron chi connectivity index (χ4n) is 2.47. The maximum atomic E-state index is 12.5. The van der Waals surface area contributed by atoms with E-state index in [1.807, 2.05) is 18.2 Å². The molecule has 0 saturated carbocycles. The maximum absolute atomic E-state index is 12.5. The van der Waals surface area contributed by atoms with Crippen molar-refractivity contribution < 1.29 is 14.3 Å². The molecule has 2 amide bonds. The third kappa shape index (κ3) is 2.33. The van der Waals surface area contributed by atoms with Crippen LogP contribution in [0.1, 0.15) is 21.3 Å². The lowest BCUT2D eigenvalue weighted by Crippen LogP contribution is -2.22. The zero-order valence-corrected chi connectivity index (χ0v) is 12.7. The molecule has 3 heterocycles. The second-order valence-corrected chi connectivity index (χ2v) is 6.20. The summed E-state index contributed by atoms with van der Waals surface area (Å²) in [5.41, 5.74) is 6.08. The Balaban J connectivity index is 1.66. The van der Waals surface area contributed by atoms with Crippen LogP contribution in [0.2, 0.25) is 0 Å². The number of fused-ring (bicyclic) bond motifs is 2. The van der Waals surface area contributed by atoms with E-state index in [4.69, 9.17) is 10.5 Å². The van der Waals surface area contributed by atoms with Gasteiger partial charge in [0.25, 0.3) is 5.91 Å². The Hall–Kier alpha value is -2.87. The quantitative estimate of drug-likeness (QED) is 0.746. The summed E-state index contributed by atoms with van der Waals surface area (Å²) in [5.74, 6) is -0.491. The number of nitrogens with two attached hydrogens (primary N) is 1. The van der Waals surface area contributed by atoms with E-state index in [9.17, 15) is 9.59 Å². The van der Waals surface area contributed by atoms with Crippen LogP contribution in [0.15, 0.2) is 36.7 Å². The van der Waals surface area contributed by atoms with Crippen LogP contribution in [0.3, 0.4) is 0 Å². The summed E-state index contributed by atoms with van der Waals surface area (Å²) in [6.07, 6.45) is 3.34. The monoisotopic (exact) mass is 328 g/mol. The zero-order valence-electron chi connectivity index (χ0n) is 11.9. The first-order valence-corrected chi connectivity index (χ1v) is 7.74. The van der Waals surface area contributed by atoms with Crippen LogP contribution in [0.5, 0.6) is 5.75 Å². The number of hydrogen-bond acceptors (Lipinski definition) is 5. The first kappa shape index (κ1) is 13.8. The van der Waals surface area contributed by atoms with E-state index in [1.165, 1.54) is 11.3 Å². The van der Waals surface area contributed by atoms with Crippen molar-refractivity contribution in [2.45, 2.75) is 5.92 Å². The lowest BCUT2D eigenvalue weighted by atomic mass is 10.1. The van der Waals surface area contributed by atoms with Gasteiger partial charge < -0.3 is 15.8 Å². The van der Waals surface area contributed by atoms with Gasteiger partial charge in [0.2, 0.25) is 5.91 Å². The molecule has 0 aliphatic carbocycles. The Morgan fingerprint density at radius 3 is 3.00 bits per heavy atom. The van der Waals surface area contributed by atoms with Crippen LogP contribution in [0.25, 0.3) is 4.96 Å². The number of nitrogens with zero attached hydrogens (tertiary/aromatic N) is 2. The molecular formula is C15H12N4O3S. The van der Waals surface area contributed by atoms with Gasteiger partial charge in [-0.2, -0.15) is 0 Å². The highest BCUT2D eigenvalue weighted by Gasteiger charge is 2.28. The van der Waals surface area contributed by atoms with Gasteiger partial charge >= 0.3 is 0 Å². The van der Waals surface area contributed by atoms with Gasteiger partial charge in [0, 0.05) is 17.3 Å². The highest BCUT2D eigenvalue weighted by atomic mass is 32.1. The van der Waals surface area contributed by atoms with Crippen molar-refractivity contribution in [2.75, 3.05) is 11.9 Å². The van der Waals surface area contributed by atoms with Crippen LogP contribution < -0.4 is 15.8 Å². The number of amides is 2. The van der Waals surface area contributed by atoms with Crippen LogP contribution in [-0.2, 0) is 4.79 Å². The molecule has 1 atom stereocenters. The summed E-state index contributed by atoms with van der Waals surface area (Å²) < 4.78 is 7.44. The first-order chi connectivity index (χ1) is 11.1. The molecule has 116 valence electrons. The number of benzene rings is 1. The number of carbonyl (C=O) groups is 2. The number of thiazole rings is 1. The molecule has 0 spiro atoms. The molecule has 3 N–H and O–H groups in total. The van der Waals surface area contributed by atoms with Gasteiger partial charge in [-0.3, -0.25) is 14.0 Å². The fourth-order valence-corrected chi connectivity index (χ4v) is 3.52. The molecule has 1 aliphatic heterocycles. The number of aromatic nitrogens is 2. The number of anilines is 1. The van der Waals surface area contributed by atoms with Crippen LogP contribution in [-0.4, -0.2) is 27.8 Å². The Bertz CT molecular complexity index is 898. The zero-order chi connectivity index (χ0) is 16.0. The Morgan fingerprint density at radius 2 is 2.22 bits per heavy atom. The van der Waals surface area contributed by atoms with Gasteiger partial charge in [0.05, 0.1) is 5.69 Å². The van der Waals surface area contributed by atoms with E-state index >= 15 is 0 Å². The molecule has 0 fully saturated rings. The number of imidazole rings is 1. The van der Waals surface area contributed by atoms with Gasteiger partial charge in [-0.05, 0) is 12.1 Å². The van der Waals surface area contributed by atoms with Gasteiger partial charge in [-0.15, -0.1) is 11.3 Å². The number of nitrogens with one attached hydrogen (secondary N) is 1. The fraction of sp³-hybridized carbons (Fsp3) is 0.133. The van der Waals surface area contributed by atoms with Crippen LogP contribution in [0, 0.1) is 0 Å². The summed E-state index contributed by atoms with van der Waals surface area (Å²) in [6.45, 7) is 0.245. The van der Waals surface area contributed by atoms with E-state index in [-0.39, 0.29) is 18.2 Å². The molecule has 0 radical (unpaired) electrons. The summed E-state index contributed by atoms with van der Waals surface area (Å²) >= 11 is 1.34. The van der Waals surface area contributed by atoms with Crippen molar-refractivity contribution in [1.29, 1.82) is 0 Å². The predicted octanol–water partition coefficient (Wildman–Crippen LogP) is 1.61. The molecule has 4 rings (SSSR count). The molecule has 0 saturated heterocycles. The molecule has 7 nitrogen and oxygen atoms in total. The third-order valence-corrected chi connectivity index (χ3v) is 4.75. The first-order valence-electron chi connectivity index (χ1n) is 6.93. The highest BCUT2D eigenvalue weighted by Crippen LogP contribution is 2.33. The Morgan fingerprint density at radius 1 is 1.39 bits per heavy atom. The van der Waals surface area contributed by atoms with Crippen molar-refractivity contribution in [3.05, 3.63) is 47.2 Å². The highest BCUT2D eigenvalue weighted by molar-refractivity contribution is 7.17. The van der Waals surface area contributed by atoms with Crippen molar-refractivity contribution in [1.82, 2.24) is 9.38 Å². The number of ether oxygens (including phenoxy) is 1. The van der Waals surface area contributed by atoms with E-state index in [2.05, 4.69) is 10.3 Å². The summed E-state index contributed by atoms with van der Waals surface area (Å²) in [7, 11) is 0. The SMILES string of the molecule is NC(=O)c1cn2cc(C3COc4ccccc4NC3=O)sc2n1. The molecule has 8 heteroatoms. The molecular weight excluding hydrogens is 316 g/mol. The molecule has 2 aromatic heterocycles. The van der Waals surface area contributed by atoms with Crippen molar-refractivity contribution in [2.24, 2.45) is 5.73 Å². The van der Waals surface area contributed by atoms with Gasteiger partial charge in [-0.1, -0.05) is 12.1 Å². The van der Waals surface area contributed by atoms with Crippen LogP contribution in [0.4, 0.5) is 5.69 Å². The second-order valence-electron chi connectivity index (χ2n) is 5.16. The Labute approximate surface area is 134 Å². The topological polar surface area (TPSA) is 98.7 Å². The minimum absolute atomic E-state index is 0.130. The minimum atomic E-state index is -0.576. The van der Waals surface area contributed by atoms with Gasteiger partial charge in [0.15, 0.2) is 4.96 Å². The maximum Gasteiger partial charge on any atom is 0.268 e. The minimum Gasteiger partial charge on any atom is -0.490 e. The van der Waals surface area contributed by atoms with Gasteiger partial charge in [-0.25, -0.2) is 4.98 Å². The standard InChI is InChI=1S/C15H12N4O3S/c16-13(20)10-5-19-6-12(23-15(19)18-10)8-7-22-11-4-2-1-3-9(11)17-14(8)21/h1-6,8H,7H2,(H2,16,20)(H,17,21).